The standard InChI is InChI=1S/C13H23NO3Si.C12H10FNO4S2.C11H18FNO2Si.C11H19NO2Si.C8H9NO4.C6H15ClOSi.C5H5NO.2C4H9.C2H5O.2Li.Na/c1-5-16-12-6-7-14-10-13(12)17-11-15-8-9-18(2,3)4;13-14(19(15,16)11-7-3-1-4-8-11)20(17,18)12-9-5-2-6-10-12;1-16(2,3)7-6-14-9-15-11-8-13-5-4-10(11)12;1-15(2,3)8-7-13-10-14-11-5-4-6-12-9-11;1-2-13-5-3-4-9-6(7(5)10)8(11)12;1-9(2,3)5-4-8-6-7;7-5-2-1-3-6-4-5;2*1-4(2)3;1-2-3;;;/h6-7,10H,5,8-9,11H2,1-4H3;1-10H;4-5,8H,6-7,9H2,1-3H3;4-6,9H,7-8,10H2,1-3H3;3-4,10H,2H2,1H3,(H,11,12);4-6H2,1-3H3;1-4,7H;2*1-3H3;2H2,1H3;;;/q;;;;;;;3*-1;3*+1. The molecular formula is C76H122ClF2Li2N6NaO18S2Si4. The average molecular weight is 1690 g/mol. The Kier molecular flexibility index (Phi) is 71.9. The van der Waals surface area contributed by atoms with Crippen molar-refractivity contribution in [1.29, 1.82) is 0 Å². The number of hydrogen-bond acceptors (Lipinski definition) is 22. The number of alkyl halides is 1. The number of nitrogens with zero attached hydrogens (tertiary/aromatic N) is 6. The first-order valence-electron chi connectivity index (χ1n) is 35.1. The Morgan fingerprint density at radius 3 is 1.20 bits per heavy atom. The van der Waals surface area contributed by atoms with Crippen LogP contribution in [0, 0.1) is 17.7 Å². The van der Waals surface area contributed by atoms with E-state index in [2.05, 4.69) is 145 Å². The summed E-state index contributed by atoms with van der Waals surface area (Å²) < 4.78 is 121. The monoisotopic (exact) mass is 1690 g/mol. The van der Waals surface area contributed by atoms with Gasteiger partial charge in [-0.2, -0.15) is 41.5 Å². The third kappa shape index (κ3) is 67.3. The third-order valence-corrected chi connectivity index (χ3v) is 22.5. The zero-order chi connectivity index (χ0) is 83.6. The van der Waals surface area contributed by atoms with Crippen LogP contribution < -0.4 is 96.1 Å². The number of aromatic carboxylic acids is 1. The number of sulfonamides is 2. The summed E-state index contributed by atoms with van der Waals surface area (Å²) >= 11 is 5.32. The second-order valence-electron chi connectivity index (χ2n) is 28.6. The molecule has 0 aliphatic heterocycles. The van der Waals surface area contributed by atoms with Crippen LogP contribution in [0.4, 0.5) is 8.87 Å². The topological polar surface area (TPSA) is 320 Å². The van der Waals surface area contributed by atoms with Gasteiger partial charge in [0.15, 0.2) is 60.6 Å². The van der Waals surface area contributed by atoms with Crippen LogP contribution in [0.2, 0.25) is 103 Å². The van der Waals surface area contributed by atoms with Crippen LogP contribution in [-0.4, -0.2) is 172 Å². The van der Waals surface area contributed by atoms with Crippen LogP contribution >= 0.6 is 11.6 Å². The van der Waals surface area contributed by atoms with Gasteiger partial charge < -0.3 is 74.9 Å². The minimum Gasteiger partial charge on any atom is -0.855 e. The number of carboxylic acids is 1. The fourth-order valence-electron chi connectivity index (χ4n) is 6.42. The van der Waals surface area contributed by atoms with E-state index in [-0.39, 0.29) is 105 Å². The maximum atomic E-state index is 14.0. The summed E-state index contributed by atoms with van der Waals surface area (Å²) in [6, 6.07) is 29.4. The number of hydrogen-bond donors (Lipinski definition) is 3. The molecule has 2 aromatic carbocycles. The van der Waals surface area contributed by atoms with Crippen LogP contribution in [-0.2, 0) is 39.0 Å². The number of ether oxygens (including phenoxy) is 9. The maximum Gasteiger partial charge on any atom is 1.00 e. The van der Waals surface area contributed by atoms with Gasteiger partial charge in [0.25, 0.3) is 20.0 Å². The molecule has 0 fully saturated rings. The summed E-state index contributed by atoms with van der Waals surface area (Å²) in [6.07, 6.45) is 13.7. The summed E-state index contributed by atoms with van der Waals surface area (Å²) in [5, 5.41) is 35.4. The summed E-state index contributed by atoms with van der Waals surface area (Å²) in [5.41, 5.74) is -0.397. The third-order valence-electron chi connectivity index (χ3n) is 11.9. The molecule has 0 unspecified atom stereocenters. The van der Waals surface area contributed by atoms with Crippen molar-refractivity contribution < 1.29 is 161 Å². The summed E-state index contributed by atoms with van der Waals surface area (Å²) in [7, 11) is -13.5. The van der Waals surface area contributed by atoms with Gasteiger partial charge >= 0.3 is 73.2 Å². The first-order chi connectivity index (χ1) is 51.0. The average Bonchev–Trinajstić information content (AvgIpc) is 0.776. The van der Waals surface area contributed by atoms with E-state index in [9.17, 15) is 35.6 Å². The molecule has 0 bridgehead atoms. The van der Waals surface area contributed by atoms with Crippen molar-refractivity contribution in [1.82, 2.24) is 28.9 Å². The Hall–Kier alpha value is -4.87. The number of carbonyl (C=O) groups is 1. The van der Waals surface area contributed by atoms with E-state index in [1.54, 1.807) is 63.0 Å². The Bertz CT molecular complexity index is 3560. The SMILES string of the molecule is CCOc1ccnc(C(=O)O)c1O.CCOc1ccncc1OCOCC[Si](C)(C)C.CC[O-].C[C-](C)C.C[C-](C)C.C[Si](C)(C)CCOCCl.C[Si](C)(C)CCOCOc1cccnc1.C[Si](C)(C)CCOCOc1cnccc1F.O=S(=O)(c1ccccc1)N(F)S(=O)(=O)c1ccccc1.Oc1cccnc1.[Li+].[Li+].[Na+]. The van der Waals surface area contributed by atoms with Crippen molar-refractivity contribution in [2.45, 2.75) is 175 Å². The molecule has 112 heavy (non-hydrogen) atoms. The van der Waals surface area contributed by atoms with Crippen LogP contribution in [0.15, 0.2) is 169 Å². The van der Waals surface area contributed by atoms with Gasteiger partial charge in [0, 0.05) is 102 Å². The van der Waals surface area contributed by atoms with Crippen molar-refractivity contribution in [2.24, 2.45) is 0 Å². The van der Waals surface area contributed by atoms with Gasteiger partial charge in [-0.15, -0.1) is 11.1 Å². The predicted molar refractivity (Wildman–Crippen MR) is 439 cm³/mol. The molecule has 7 aromatic rings. The van der Waals surface area contributed by atoms with E-state index in [1.807, 2.05) is 19.1 Å². The van der Waals surface area contributed by atoms with E-state index in [1.165, 1.54) is 97.2 Å². The van der Waals surface area contributed by atoms with Gasteiger partial charge in [-0.25, -0.2) is 31.0 Å². The number of pyridine rings is 5. The molecule has 0 aliphatic rings. The van der Waals surface area contributed by atoms with E-state index in [4.69, 9.17) is 69.6 Å². The summed E-state index contributed by atoms with van der Waals surface area (Å²) in [4.78, 5) is 28.5. The fraction of sp³-hybridized carbons (Fsp3) is 0.474. The zero-order valence-corrected chi connectivity index (χ0v) is 79.1. The van der Waals surface area contributed by atoms with Crippen LogP contribution in [0.3, 0.4) is 0 Å². The molecule has 36 heteroatoms. The van der Waals surface area contributed by atoms with E-state index in [0.717, 1.165) is 61.9 Å². The fourth-order valence-corrected chi connectivity index (χ4v) is 12.4. The molecule has 0 amide bonds. The van der Waals surface area contributed by atoms with Gasteiger partial charge in [-0.05, 0) is 92.6 Å². The van der Waals surface area contributed by atoms with Gasteiger partial charge in [0.1, 0.15) is 17.6 Å². The number of carboxylic acid groups (broad SMARTS) is 1. The van der Waals surface area contributed by atoms with E-state index in [0.29, 0.717) is 44.2 Å². The van der Waals surface area contributed by atoms with Gasteiger partial charge in [-0.1, -0.05) is 133 Å². The normalized spacial score (nSPS) is 10.6. The van der Waals surface area contributed by atoms with Crippen molar-refractivity contribution in [3.63, 3.8) is 0 Å². The van der Waals surface area contributed by atoms with Crippen molar-refractivity contribution in [3.05, 3.63) is 182 Å². The zero-order valence-electron chi connectivity index (χ0n) is 70.7. The smallest absolute Gasteiger partial charge is 0.855 e. The summed E-state index contributed by atoms with van der Waals surface area (Å²) in [5.74, 6) is 3.28. The molecule has 24 nitrogen and oxygen atoms in total. The van der Waals surface area contributed by atoms with E-state index >= 15 is 0 Å². The van der Waals surface area contributed by atoms with Gasteiger partial charge in [-0.3, -0.25) is 19.9 Å². The molecule has 0 saturated heterocycles. The van der Waals surface area contributed by atoms with Crippen molar-refractivity contribution in [3.8, 4) is 40.2 Å². The second kappa shape index (κ2) is 68.2. The van der Waals surface area contributed by atoms with Crippen LogP contribution in [0.1, 0.15) is 72.8 Å². The molecule has 616 valence electrons. The molecule has 0 aliphatic carbocycles. The minimum absolute atomic E-state index is 0. The molecule has 0 spiro atoms. The number of aromatic hydroxyl groups is 2. The summed E-state index contributed by atoms with van der Waals surface area (Å²) in [6.45, 7) is 50.2. The molecule has 7 rings (SSSR count). The van der Waals surface area contributed by atoms with Gasteiger partial charge in [0.05, 0.1) is 51.7 Å². The maximum absolute atomic E-state index is 14.0. The largest absolute Gasteiger partial charge is 1.00 e. The Morgan fingerprint density at radius 2 is 0.848 bits per heavy atom. The van der Waals surface area contributed by atoms with Crippen LogP contribution in [0.5, 0.6) is 40.2 Å². The Labute approximate surface area is 723 Å². The first kappa shape index (κ1) is 118. The molecule has 0 saturated carbocycles. The Balaban J connectivity index is -0.000000289. The second-order valence-corrected chi connectivity index (χ2v) is 55.0. The number of aromatic nitrogens is 5. The first-order valence-corrected chi connectivity index (χ1v) is 53.3. The molecule has 5 aromatic heterocycles. The molecular weight excluding hydrogens is 1570 g/mol. The molecule has 5 heterocycles. The number of halogens is 3. The van der Waals surface area contributed by atoms with Gasteiger partial charge in [0.2, 0.25) is 0 Å². The minimum atomic E-state index is -4.77. The van der Waals surface area contributed by atoms with Crippen LogP contribution in [0.25, 0.3) is 0 Å². The number of benzene rings is 2. The Morgan fingerprint density at radius 1 is 0.491 bits per heavy atom. The van der Waals surface area contributed by atoms with Crippen molar-refractivity contribution >= 4 is 69.9 Å². The van der Waals surface area contributed by atoms with E-state index < -0.39 is 89.3 Å². The quantitative estimate of drug-likeness (QED) is 0.00913. The molecule has 0 atom stereocenters. The van der Waals surface area contributed by atoms with Crippen molar-refractivity contribution in [2.75, 3.05) is 72.7 Å². The molecule has 3 N–H and O–H groups in total. The molecule has 0 radical (unpaired) electrons. The predicted octanol–water partition coefficient (Wildman–Crippen LogP) is 8.64. The number of rotatable bonds is 31.